The molecule has 0 amide bonds. The number of hydrogen-bond donors (Lipinski definition) is 0. The van der Waals surface area contributed by atoms with E-state index in [1.54, 1.807) is 0 Å². The van der Waals surface area contributed by atoms with Crippen LogP contribution < -0.4 is 4.90 Å². The van der Waals surface area contributed by atoms with E-state index in [1.807, 2.05) is 0 Å². The second-order valence-corrected chi connectivity index (χ2v) is 9.40. The zero-order chi connectivity index (χ0) is 21.9. The molecule has 0 spiro atoms. The number of Topliss-reactive ketones (excluding diaryl/α,β-unsaturated/α-hetero) is 1. The minimum atomic E-state index is 0.296. The van der Waals surface area contributed by atoms with E-state index in [4.69, 9.17) is 0 Å². The molecule has 2 unspecified atom stereocenters. The van der Waals surface area contributed by atoms with E-state index in [1.165, 1.54) is 49.9 Å². The van der Waals surface area contributed by atoms with Crippen LogP contribution in [0.3, 0.4) is 0 Å². The summed E-state index contributed by atoms with van der Waals surface area (Å²) in [6.07, 6.45) is 9.23. The van der Waals surface area contributed by atoms with Crippen molar-refractivity contribution in [1.82, 2.24) is 4.90 Å². The number of nitrogens with zero attached hydrogens (tertiary/aromatic N) is 2. The van der Waals surface area contributed by atoms with Crippen molar-refractivity contribution in [3.63, 3.8) is 0 Å². The van der Waals surface area contributed by atoms with Crippen molar-refractivity contribution in [3.8, 4) is 0 Å². The Morgan fingerprint density at radius 3 is 2.30 bits per heavy atom. The summed E-state index contributed by atoms with van der Waals surface area (Å²) >= 11 is 0. The molecule has 1 aliphatic heterocycles. The summed E-state index contributed by atoms with van der Waals surface area (Å²) < 4.78 is 0. The highest BCUT2D eigenvalue weighted by Crippen LogP contribution is 2.25. The molecule has 170 valence electrons. The van der Waals surface area contributed by atoms with Crippen LogP contribution in [0.2, 0.25) is 0 Å². The lowest BCUT2D eigenvalue weighted by Gasteiger charge is -2.38. The van der Waals surface area contributed by atoms with Crippen LogP contribution in [0.1, 0.15) is 95.5 Å². The third-order valence-corrected chi connectivity index (χ3v) is 6.96. The standard InChI is InChI=1S/C27H46N2O/c1-6-10-23(13-12-22(5)8-3)21-28-16-18-29(19-17-28)25-14-15-26(24(9-4)20-25)27(30)11-7-2/h14-15,20,22-23H,6-13,16-19,21H2,1-5H3. The van der Waals surface area contributed by atoms with Crippen molar-refractivity contribution < 1.29 is 4.79 Å². The van der Waals surface area contributed by atoms with Crippen LogP contribution in [0.5, 0.6) is 0 Å². The molecule has 1 saturated heterocycles. The van der Waals surface area contributed by atoms with Gasteiger partial charge in [-0.1, -0.05) is 53.9 Å². The summed E-state index contributed by atoms with van der Waals surface area (Å²) in [4.78, 5) is 17.6. The number of carbonyl (C=O) groups excluding carboxylic acids is 1. The molecule has 0 aliphatic carbocycles. The average Bonchev–Trinajstić information content (AvgIpc) is 2.77. The van der Waals surface area contributed by atoms with Crippen LogP contribution in [0, 0.1) is 11.8 Å². The molecule has 0 radical (unpaired) electrons. The van der Waals surface area contributed by atoms with E-state index in [-0.39, 0.29) is 0 Å². The Morgan fingerprint density at radius 1 is 0.967 bits per heavy atom. The van der Waals surface area contributed by atoms with Gasteiger partial charge >= 0.3 is 0 Å². The van der Waals surface area contributed by atoms with Gasteiger partial charge in [0.2, 0.25) is 0 Å². The Morgan fingerprint density at radius 2 is 1.70 bits per heavy atom. The third kappa shape index (κ3) is 7.41. The van der Waals surface area contributed by atoms with Crippen LogP contribution in [-0.2, 0) is 6.42 Å². The molecular weight excluding hydrogens is 368 g/mol. The number of anilines is 1. The second-order valence-electron chi connectivity index (χ2n) is 9.40. The van der Waals surface area contributed by atoms with Gasteiger partial charge in [0.05, 0.1) is 0 Å². The maximum absolute atomic E-state index is 12.4. The first-order chi connectivity index (χ1) is 14.5. The van der Waals surface area contributed by atoms with Gasteiger partial charge in [0.25, 0.3) is 0 Å². The van der Waals surface area contributed by atoms with Gasteiger partial charge in [-0.3, -0.25) is 9.69 Å². The minimum absolute atomic E-state index is 0.296. The molecule has 2 rings (SSSR count). The quantitative estimate of drug-likeness (QED) is 0.340. The Hall–Kier alpha value is -1.35. The zero-order valence-corrected chi connectivity index (χ0v) is 20.4. The van der Waals surface area contributed by atoms with Crippen LogP contribution in [-0.4, -0.2) is 43.4 Å². The monoisotopic (exact) mass is 414 g/mol. The zero-order valence-electron chi connectivity index (χ0n) is 20.4. The van der Waals surface area contributed by atoms with Crippen molar-refractivity contribution in [2.45, 2.75) is 86.0 Å². The Bertz CT molecular complexity index is 634. The molecule has 30 heavy (non-hydrogen) atoms. The third-order valence-electron chi connectivity index (χ3n) is 6.96. The van der Waals surface area contributed by atoms with Gasteiger partial charge in [0.1, 0.15) is 0 Å². The molecule has 1 fully saturated rings. The van der Waals surface area contributed by atoms with Gasteiger partial charge in [0.15, 0.2) is 5.78 Å². The molecular formula is C27H46N2O. The summed E-state index contributed by atoms with van der Waals surface area (Å²) in [5.41, 5.74) is 3.44. The van der Waals surface area contributed by atoms with Gasteiger partial charge in [0, 0.05) is 50.4 Å². The van der Waals surface area contributed by atoms with Gasteiger partial charge in [-0.25, -0.2) is 0 Å². The molecule has 0 saturated carbocycles. The molecule has 0 aromatic heterocycles. The molecule has 0 N–H and O–H groups in total. The molecule has 3 nitrogen and oxygen atoms in total. The number of hydrogen-bond acceptors (Lipinski definition) is 3. The smallest absolute Gasteiger partial charge is 0.163 e. The van der Waals surface area contributed by atoms with Crippen LogP contribution in [0.25, 0.3) is 0 Å². The highest BCUT2D eigenvalue weighted by Gasteiger charge is 2.21. The minimum Gasteiger partial charge on any atom is -0.369 e. The largest absolute Gasteiger partial charge is 0.369 e. The number of ketones is 1. The topological polar surface area (TPSA) is 23.6 Å². The first kappa shape index (κ1) is 24.9. The lowest BCUT2D eigenvalue weighted by atomic mass is 9.91. The summed E-state index contributed by atoms with van der Waals surface area (Å²) in [5.74, 6) is 2.01. The van der Waals surface area contributed by atoms with Crippen molar-refractivity contribution in [2.24, 2.45) is 11.8 Å². The average molecular weight is 415 g/mol. The van der Waals surface area contributed by atoms with E-state index < -0.39 is 0 Å². The van der Waals surface area contributed by atoms with Crippen LogP contribution in [0.4, 0.5) is 5.69 Å². The van der Waals surface area contributed by atoms with Crippen molar-refractivity contribution in [2.75, 3.05) is 37.6 Å². The fraction of sp³-hybridized carbons (Fsp3) is 0.741. The molecule has 1 aliphatic rings. The molecule has 3 heteroatoms. The van der Waals surface area contributed by atoms with Crippen molar-refractivity contribution >= 4 is 11.5 Å². The summed E-state index contributed by atoms with van der Waals surface area (Å²) in [5, 5.41) is 0. The number of aryl methyl sites for hydroxylation is 1. The predicted octanol–water partition coefficient (Wildman–Crippen LogP) is 6.60. The molecule has 1 aromatic rings. The normalized spacial score (nSPS) is 17.2. The maximum atomic E-state index is 12.4. The highest BCUT2D eigenvalue weighted by atomic mass is 16.1. The summed E-state index contributed by atoms with van der Waals surface area (Å²) in [7, 11) is 0. The van der Waals surface area contributed by atoms with E-state index >= 15 is 0 Å². The SMILES string of the molecule is CCCC(=O)c1ccc(N2CCN(CC(CCC)CCC(C)CC)CC2)cc1CC. The van der Waals surface area contributed by atoms with Gasteiger partial charge in [-0.2, -0.15) is 0 Å². The number of piperazine rings is 1. The van der Waals surface area contributed by atoms with Gasteiger partial charge < -0.3 is 4.90 Å². The van der Waals surface area contributed by atoms with Crippen molar-refractivity contribution in [1.29, 1.82) is 0 Å². The molecule has 1 heterocycles. The summed E-state index contributed by atoms with van der Waals surface area (Å²) in [6.45, 7) is 17.0. The molecule has 1 aromatic carbocycles. The lowest BCUT2D eigenvalue weighted by Crippen LogP contribution is -2.47. The predicted molar refractivity (Wildman–Crippen MR) is 131 cm³/mol. The molecule has 2 atom stereocenters. The van der Waals surface area contributed by atoms with E-state index in [0.717, 1.165) is 56.4 Å². The second kappa shape index (κ2) is 13.1. The summed E-state index contributed by atoms with van der Waals surface area (Å²) in [6, 6.07) is 6.51. The highest BCUT2D eigenvalue weighted by molar-refractivity contribution is 5.97. The number of benzene rings is 1. The Kier molecular flexibility index (Phi) is 10.9. The first-order valence-electron chi connectivity index (χ1n) is 12.7. The first-order valence-corrected chi connectivity index (χ1v) is 12.7. The Balaban J connectivity index is 1.92. The fourth-order valence-electron chi connectivity index (χ4n) is 4.72. The lowest BCUT2D eigenvalue weighted by molar-refractivity contribution is 0.0981. The number of rotatable bonds is 13. The Labute approximate surface area is 186 Å². The van der Waals surface area contributed by atoms with Crippen LogP contribution in [0.15, 0.2) is 18.2 Å². The van der Waals surface area contributed by atoms with Gasteiger partial charge in [-0.05, 0) is 61.3 Å². The van der Waals surface area contributed by atoms with E-state index in [2.05, 4.69) is 62.6 Å². The van der Waals surface area contributed by atoms with Gasteiger partial charge in [-0.15, -0.1) is 0 Å². The van der Waals surface area contributed by atoms with Crippen molar-refractivity contribution in [3.05, 3.63) is 29.3 Å². The fourth-order valence-corrected chi connectivity index (χ4v) is 4.72. The molecule has 0 bridgehead atoms. The van der Waals surface area contributed by atoms with E-state index in [9.17, 15) is 4.79 Å². The maximum Gasteiger partial charge on any atom is 0.163 e. The van der Waals surface area contributed by atoms with E-state index in [0.29, 0.717) is 12.2 Å². The number of carbonyl (C=O) groups is 1. The van der Waals surface area contributed by atoms with Crippen LogP contribution >= 0.6 is 0 Å².